The summed E-state index contributed by atoms with van der Waals surface area (Å²) in [5.74, 6) is -2.86. The van der Waals surface area contributed by atoms with E-state index in [0.29, 0.717) is 17.9 Å². The maximum absolute atomic E-state index is 13.2. The quantitative estimate of drug-likeness (QED) is 0.299. The number of benzene rings is 1. The number of carbonyl (C=O) groups excluding carboxylic acids is 5. The molecular weight excluding hydrogens is 464 g/mol. The molecule has 0 radical (unpaired) electrons. The minimum absolute atomic E-state index is 0.223. The Morgan fingerprint density at radius 3 is 2.17 bits per heavy atom. The fourth-order valence-electron chi connectivity index (χ4n) is 5.88. The van der Waals surface area contributed by atoms with E-state index in [1.54, 1.807) is 38.1 Å². The van der Waals surface area contributed by atoms with Gasteiger partial charge in [0.1, 0.15) is 6.04 Å². The molecule has 1 aliphatic heterocycles. The van der Waals surface area contributed by atoms with Crippen molar-refractivity contribution in [1.29, 1.82) is 0 Å². The molecule has 0 unspecified atom stereocenters. The number of esters is 2. The van der Waals surface area contributed by atoms with E-state index in [4.69, 9.17) is 9.47 Å². The molecule has 2 saturated carbocycles. The summed E-state index contributed by atoms with van der Waals surface area (Å²) < 4.78 is 10.4. The molecular formula is C27H34N2O7. The number of hydrogen-bond acceptors (Lipinski definition) is 7. The Morgan fingerprint density at radius 2 is 1.61 bits per heavy atom. The van der Waals surface area contributed by atoms with Gasteiger partial charge in [-0.2, -0.15) is 0 Å². The van der Waals surface area contributed by atoms with E-state index in [2.05, 4.69) is 5.32 Å². The topological polar surface area (TPSA) is 119 Å². The van der Waals surface area contributed by atoms with Crippen LogP contribution in [-0.4, -0.2) is 53.8 Å². The number of unbranched alkanes of at least 4 members (excludes halogenated alkanes) is 1. The van der Waals surface area contributed by atoms with Crippen LogP contribution in [0.3, 0.4) is 0 Å². The number of anilines is 1. The van der Waals surface area contributed by atoms with Gasteiger partial charge in [-0.05, 0) is 67.7 Å². The number of hydrogen-bond donors (Lipinski definition) is 1. The molecule has 2 aliphatic carbocycles. The minimum atomic E-state index is -1.05. The maximum Gasteiger partial charge on any atom is 0.338 e. The van der Waals surface area contributed by atoms with Crippen LogP contribution in [0.1, 0.15) is 63.2 Å². The minimum Gasteiger partial charge on any atom is -0.462 e. The molecule has 9 heteroatoms. The van der Waals surface area contributed by atoms with Crippen molar-refractivity contribution in [2.45, 2.75) is 58.9 Å². The second-order valence-electron chi connectivity index (χ2n) is 10.3. The van der Waals surface area contributed by atoms with Crippen LogP contribution in [0.15, 0.2) is 24.3 Å². The summed E-state index contributed by atoms with van der Waals surface area (Å²) in [7, 11) is 0. The molecule has 1 aromatic rings. The first kappa shape index (κ1) is 25.9. The van der Waals surface area contributed by atoms with Gasteiger partial charge in [0.25, 0.3) is 5.91 Å². The highest BCUT2D eigenvalue weighted by atomic mass is 16.5. The van der Waals surface area contributed by atoms with Crippen LogP contribution >= 0.6 is 0 Å². The average molecular weight is 499 g/mol. The highest BCUT2D eigenvalue weighted by molar-refractivity contribution is 6.08. The Bertz CT molecular complexity index is 1010. The molecule has 194 valence electrons. The van der Waals surface area contributed by atoms with Gasteiger partial charge in [0, 0.05) is 5.69 Å². The van der Waals surface area contributed by atoms with E-state index in [1.807, 2.05) is 6.92 Å². The van der Waals surface area contributed by atoms with Gasteiger partial charge in [-0.25, -0.2) is 9.59 Å². The summed E-state index contributed by atoms with van der Waals surface area (Å²) in [4.78, 5) is 64.7. The summed E-state index contributed by atoms with van der Waals surface area (Å²) in [6.45, 7) is 5.31. The first-order valence-electron chi connectivity index (χ1n) is 12.8. The first-order valence-corrected chi connectivity index (χ1v) is 12.8. The Labute approximate surface area is 210 Å². The molecule has 0 aromatic heterocycles. The van der Waals surface area contributed by atoms with Crippen molar-refractivity contribution in [2.24, 2.45) is 29.6 Å². The van der Waals surface area contributed by atoms with Crippen LogP contribution in [0.4, 0.5) is 5.69 Å². The smallest absolute Gasteiger partial charge is 0.338 e. The van der Waals surface area contributed by atoms with Crippen molar-refractivity contribution in [3.8, 4) is 0 Å². The largest absolute Gasteiger partial charge is 0.462 e. The summed E-state index contributed by atoms with van der Waals surface area (Å²) in [5, 5.41) is 2.61. The number of imide groups is 1. The second kappa shape index (κ2) is 10.8. The van der Waals surface area contributed by atoms with Crippen LogP contribution in [0.5, 0.6) is 0 Å². The van der Waals surface area contributed by atoms with E-state index < -0.39 is 30.5 Å². The molecule has 1 aromatic carbocycles. The summed E-state index contributed by atoms with van der Waals surface area (Å²) in [6.07, 6.45) is 4.54. The van der Waals surface area contributed by atoms with Crippen LogP contribution in [-0.2, 0) is 28.7 Å². The van der Waals surface area contributed by atoms with Crippen molar-refractivity contribution < 1.29 is 33.4 Å². The zero-order chi connectivity index (χ0) is 26.0. The summed E-state index contributed by atoms with van der Waals surface area (Å²) in [5.41, 5.74) is 0.795. The molecule has 5 atom stereocenters. The third kappa shape index (κ3) is 5.01. The van der Waals surface area contributed by atoms with Gasteiger partial charge >= 0.3 is 11.9 Å². The fourth-order valence-corrected chi connectivity index (χ4v) is 5.88. The molecule has 9 nitrogen and oxygen atoms in total. The normalized spacial score (nSPS) is 25.2. The summed E-state index contributed by atoms with van der Waals surface area (Å²) in [6, 6.07) is 5.14. The molecule has 3 fully saturated rings. The third-order valence-corrected chi connectivity index (χ3v) is 7.59. The Morgan fingerprint density at radius 1 is 1.00 bits per heavy atom. The number of rotatable bonds is 10. The van der Waals surface area contributed by atoms with Gasteiger partial charge in [0.2, 0.25) is 11.8 Å². The molecule has 4 rings (SSSR count). The number of likely N-dealkylation sites (tertiary alicyclic amines) is 1. The number of nitrogens with zero attached hydrogens (tertiary/aromatic N) is 1. The lowest BCUT2D eigenvalue weighted by atomic mass is 9.81. The van der Waals surface area contributed by atoms with Crippen molar-refractivity contribution in [1.82, 2.24) is 4.90 Å². The van der Waals surface area contributed by atoms with E-state index in [0.717, 1.165) is 37.0 Å². The molecule has 3 amide bonds. The van der Waals surface area contributed by atoms with Crippen LogP contribution in [0.25, 0.3) is 0 Å². The molecule has 1 N–H and O–H groups in total. The number of amides is 3. The number of fused-ring (bicyclic) bond motifs is 5. The van der Waals surface area contributed by atoms with Crippen molar-refractivity contribution in [3.05, 3.63) is 29.8 Å². The lowest BCUT2D eigenvalue weighted by Gasteiger charge is -2.28. The average Bonchev–Trinajstić information content (AvgIpc) is 3.53. The fraction of sp³-hybridized carbons (Fsp3) is 0.593. The Hall–Kier alpha value is -3.23. The van der Waals surface area contributed by atoms with Crippen LogP contribution in [0.2, 0.25) is 0 Å². The second-order valence-corrected chi connectivity index (χ2v) is 10.3. The lowest BCUT2D eigenvalue weighted by Crippen LogP contribution is -2.50. The van der Waals surface area contributed by atoms with E-state index in [-0.39, 0.29) is 41.4 Å². The highest BCUT2D eigenvalue weighted by Gasteiger charge is 2.62. The van der Waals surface area contributed by atoms with Gasteiger partial charge in [0.05, 0.1) is 24.0 Å². The van der Waals surface area contributed by atoms with Crippen LogP contribution in [0, 0.1) is 29.6 Å². The van der Waals surface area contributed by atoms with Crippen molar-refractivity contribution >= 4 is 35.3 Å². The number of nitrogens with one attached hydrogen (secondary N) is 1. The number of ether oxygens (including phenoxy) is 2. The van der Waals surface area contributed by atoms with E-state index >= 15 is 0 Å². The predicted octanol–water partition coefficient (Wildman–Crippen LogP) is 3.18. The zero-order valence-corrected chi connectivity index (χ0v) is 21.0. The van der Waals surface area contributed by atoms with Crippen molar-refractivity contribution in [3.63, 3.8) is 0 Å². The Balaban J connectivity index is 1.31. The molecule has 0 spiro atoms. The highest BCUT2D eigenvalue weighted by Crippen LogP contribution is 2.56. The standard InChI is InChI=1S/C27H34N2O7/c1-4-5-12-35-26(33)16-8-10-19(11-9-16)28-20(30)14-36-27(34)23(15(2)3)29-24(31)21-17-6-7-18(13-17)22(21)25(29)32/h8-11,15,17-18,21-23H,4-7,12-14H2,1-3H3,(H,28,30)/t17-,18-,21-,22-,23-/m0/s1. The molecule has 1 heterocycles. The Kier molecular flexibility index (Phi) is 7.76. The van der Waals surface area contributed by atoms with E-state index in [1.165, 1.54) is 0 Å². The summed E-state index contributed by atoms with van der Waals surface area (Å²) >= 11 is 0. The third-order valence-electron chi connectivity index (χ3n) is 7.59. The number of carbonyl (C=O) groups is 5. The van der Waals surface area contributed by atoms with Gasteiger partial charge < -0.3 is 14.8 Å². The van der Waals surface area contributed by atoms with E-state index in [9.17, 15) is 24.0 Å². The monoisotopic (exact) mass is 498 g/mol. The first-order chi connectivity index (χ1) is 17.2. The van der Waals surface area contributed by atoms with Gasteiger partial charge in [-0.15, -0.1) is 0 Å². The molecule has 36 heavy (non-hydrogen) atoms. The van der Waals surface area contributed by atoms with Gasteiger partial charge in [-0.1, -0.05) is 27.2 Å². The SMILES string of the molecule is CCCCOC(=O)c1ccc(NC(=O)COC(=O)[C@H](C(C)C)N2C(=O)[C@H]3[C@H]4CC[C@@H](C4)[C@@H]3C2=O)cc1. The van der Waals surface area contributed by atoms with Gasteiger partial charge in [0.15, 0.2) is 6.61 Å². The maximum atomic E-state index is 13.2. The molecule has 2 bridgehead atoms. The molecule has 3 aliphatic rings. The zero-order valence-electron chi connectivity index (χ0n) is 21.0. The van der Waals surface area contributed by atoms with Crippen molar-refractivity contribution in [2.75, 3.05) is 18.5 Å². The predicted molar refractivity (Wildman–Crippen MR) is 130 cm³/mol. The van der Waals surface area contributed by atoms with Crippen LogP contribution < -0.4 is 5.32 Å². The lowest BCUT2D eigenvalue weighted by molar-refractivity contribution is -0.162. The van der Waals surface area contributed by atoms with Gasteiger partial charge in [-0.3, -0.25) is 19.3 Å². The molecule has 1 saturated heterocycles.